The molecule has 0 spiro atoms. The van der Waals surface area contributed by atoms with Gasteiger partial charge in [0.1, 0.15) is 4.88 Å². The normalized spacial score (nSPS) is 18.6. The Kier molecular flexibility index (Phi) is 9.93. The summed E-state index contributed by atoms with van der Waals surface area (Å²) in [4.78, 5) is 17.3. The minimum Gasteiger partial charge on any atom is -0.477 e. The van der Waals surface area contributed by atoms with Crippen molar-refractivity contribution in [1.82, 2.24) is 9.47 Å². The number of anilines is 1. The summed E-state index contributed by atoms with van der Waals surface area (Å²) in [6.07, 6.45) is 7.22. The van der Waals surface area contributed by atoms with Crippen molar-refractivity contribution in [1.29, 1.82) is 0 Å². The predicted molar refractivity (Wildman–Crippen MR) is 162 cm³/mol. The van der Waals surface area contributed by atoms with Gasteiger partial charge in [-0.3, -0.25) is 4.90 Å². The van der Waals surface area contributed by atoms with Crippen molar-refractivity contribution in [2.75, 3.05) is 50.8 Å². The van der Waals surface area contributed by atoms with Crippen molar-refractivity contribution < 1.29 is 14.6 Å². The van der Waals surface area contributed by atoms with Crippen LogP contribution in [0.1, 0.15) is 59.7 Å². The lowest BCUT2D eigenvalue weighted by atomic mass is 9.83. The van der Waals surface area contributed by atoms with Gasteiger partial charge in [0.15, 0.2) is 0 Å². The maximum Gasteiger partial charge on any atom is 0.345 e. The number of carbonyl (C=O) groups is 1. The van der Waals surface area contributed by atoms with Crippen LogP contribution in [0.25, 0.3) is 21.5 Å². The summed E-state index contributed by atoms with van der Waals surface area (Å²) in [6.45, 7) is 7.36. The molecule has 2 aromatic heterocycles. The van der Waals surface area contributed by atoms with E-state index in [1.807, 2.05) is 12.1 Å². The van der Waals surface area contributed by atoms with E-state index in [9.17, 15) is 9.90 Å². The van der Waals surface area contributed by atoms with Gasteiger partial charge in [-0.05, 0) is 55.0 Å². The van der Waals surface area contributed by atoms with Crippen LogP contribution in [0.2, 0.25) is 5.02 Å². The summed E-state index contributed by atoms with van der Waals surface area (Å²) in [5, 5.41) is 10.5. The minimum atomic E-state index is -0.830. The van der Waals surface area contributed by atoms with Gasteiger partial charge in [-0.25, -0.2) is 4.79 Å². The molecule has 1 aliphatic carbocycles. The van der Waals surface area contributed by atoms with Crippen LogP contribution in [0.3, 0.4) is 0 Å². The number of carboxylic acid groups (broad SMARTS) is 1. The second-order valence-corrected chi connectivity index (χ2v) is 11.8. The third-order valence-corrected chi connectivity index (χ3v) is 9.53. The first-order valence-corrected chi connectivity index (χ1v) is 14.5. The molecule has 3 aromatic rings. The van der Waals surface area contributed by atoms with Crippen LogP contribution in [0, 0.1) is 0 Å². The summed E-state index contributed by atoms with van der Waals surface area (Å²) in [5.41, 5.74) is 6.18. The summed E-state index contributed by atoms with van der Waals surface area (Å²) >= 11 is 8.03. The first-order valence-electron chi connectivity index (χ1n) is 13.3. The summed E-state index contributed by atoms with van der Waals surface area (Å²) in [7, 11) is 0. The summed E-state index contributed by atoms with van der Waals surface area (Å²) < 4.78 is 9.24. The molecule has 2 fully saturated rings. The van der Waals surface area contributed by atoms with E-state index in [0.29, 0.717) is 10.8 Å². The number of hydrogen-bond acceptors (Lipinski definition) is 5. The molecule has 2 aliphatic heterocycles. The Balaban J connectivity index is 0.00000168. The standard InChI is InChI=1S/C28H34ClN3O3S.2ClH/c29-20-7-8-21-22(17-20)31(11-10-30-9-4-15-35-16-14-30)12-13-32-23-18-24(28(33)34)36-27(23)25(26(21)32)19-5-2-1-3-6-19;;/h7-8,17-19H,1-6,9-16H2,(H,33,34);2*1H. The quantitative estimate of drug-likeness (QED) is 0.337. The van der Waals surface area contributed by atoms with Crippen LogP contribution >= 0.6 is 47.8 Å². The highest BCUT2D eigenvalue weighted by Crippen LogP contribution is 2.49. The van der Waals surface area contributed by atoms with Gasteiger partial charge in [0, 0.05) is 62.1 Å². The monoisotopic (exact) mass is 599 g/mol. The maximum absolute atomic E-state index is 11.9. The van der Waals surface area contributed by atoms with E-state index in [1.165, 1.54) is 70.6 Å². The van der Waals surface area contributed by atoms with Crippen LogP contribution in [0.4, 0.5) is 5.69 Å². The number of aromatic nitrogens is 1. The molecule has 3 aliphatic rings. The lowest BCUT2D eigenvalue weighted by molar-refractivity contribution is 0.0702. The highest BCUT2D eigenvalue weighted by atomic mass is 35.5. The number of halogens is 3. The topological polar surface area (TPSA) is 57.9 Å². The zero-order valence-electron chi connectivity index (χ0n) is 21.5. The van der Waals surface area contributed by atoms with Gasteiger partial charge in [-0.2, -0.15) is 0 Å². The zero-order valence-corrected chi connectivity index (χ0v) is 24.7. The Morgan fingerprint density at radius 1 is 1.00 bits per heavy atom. The van der Waals surface area contributed by atoms with Crippen molar-refractivity contribution in [3.63, 3.8) is 0 Å². The lowest BCUT2D eigenvalue weighted by Crippen LogP contribution is -2.37. The number of fused-ring (bicyclic) bond motifs is 5. The Morgan fingerprint density at radius 3 is 2.61 bits per heavy atom. The number of benzene rings is 1. The van der Waals surface area contributed by atoms with Crippen molar-refractivity contribution in [2.24, 2.45) is 0 Å². The van der Waals surface area contributed by atoms with Crippen LogP contribution in [-0.2, 0) is 11.3 Å². The first kappa shape index (κ1) is 29.5. The Bertz CT molecular complexity index is 1260. The van der Waals surface area contributed by atoms with Crippen molar-refractivity contribution >= 4 is 69.6 Å². The molecule has 38 heavy (non-hydrogen) atoms. The number of nitrogens with zero attached hydrogens (tertiary/aromatic N) is 3. The second-order valence-electron chi connectivity index (χ2n) is 10.3. The van der Waals surface area contributed by atoms with Gasteiger partial charge in [0.25, 0.3) is 0 Å². The van der Waals surface area contributed by atoms with E-state index in [2.05, 4.69) is 26.5 Å². The fourth-order valence-corrected chi connectivity index (χ4v) is 7.66. The Hall–Kier alpha value is -1.48. The molecule has 10 heteroatoms. The van der Waals surface area contributed by atoms with Gasteiger partial charge in [0.2, 0.25) is 0 Å². The smallest absolute Gasteiger partial charge is 0.345 e. The number of thiophene rings is 1. The highest BCUT2D eigenvalue weighted by Gasteiger charge is 2.32. The second kappa shape index (κ2) is 12.8. The number of rotatable bonds is 5. The number of aromatic carboxylic acids is 1. The van der Waals surface area contributed by atoms with Gasteiger partial charge in [-0.15, -0.1) is 36.2 Å². The maximum atomic E-state index is 11.9. The fraction of sp³-hybridized carbons (Fsp3) is 0.536. The van der Waals surface area contributed by atoms with Gasteiger partial charge in [0.05, 0.1) is 22.5 Å². The molecular formula is C28H36Cl3N3O3S. The van der Waals surface area contributed by atoms with Gasteiger partial charge in [-0.1, -0.05) is 30.9 Å². The Morgan fingerprint density at radius 2 is 1.82 bits per heavy atom. The molecule has 1 saturated carbocycles. The zero-order chi connectivity index (χ0) is 24.6. The molecule has 0 atom stereocenters. The first-order chi connectivity index (χ1) is 17.6. The van der Waals surface area contributed by atoms with Gasteiger partial charge < -0.3 is 19.3 Å². The summed E-state index contributed by atoms with van der Waals surface area (Å²) in [6, 6.07) is 8.23. The molecule has 0 radical (unpaired) electrons. The molecule has 0 amide bonds. The van der Waals surface area contributed by atoms with Crippen LogP contribution in [-0.4, -0.2) is 66.5 Å². The van der Waals surface area contributed by atoms with Gasteiger partial charge >= 0.3 is 5.97 Å². The van der Waals surface area contributed by atoms with E-state index < -0.39 is 5.97 Å². The van der Waals surface area contributed by atoms with E-state index in [0.717, 1.165) is 69.4 Å². The average Bonchev–Trinajstić information content (AvgIpc) is 3.25. The largest absolute Gasteiger partial charge is 0.477 e. The lowest BCUT2D eigenvalue weighted by Gasteiger charge is -2.29. The summed E-state index contributed by atoms with van der Waals surface area (Å²) in [5.74, 6) is -0.353. The third-order valence-electron chi connectivity index (χ3n) is 8.15. The molecule has 0 bridgehead atoms. The predicted octanol–water partition coefficient (Wildman–Crippen LogP) is 7.16. The highest BCUT2D eigenvalue weighted by molar-refractivity contribution is 7.21. The molecule has 1 N–H and O–H groups in total. The molecule has 1 aromatic carbocycles. The molecule has 208 valence electrons. The Labute approximate surface area is 245 Å². The molecule has 0 unspecified atom stereocenters. The number of ether oxygens (including phenoxy) is 1. The van der Waals surface area contributed by atoms with Crippen molar-refractivity contribution in [2.45, 2.75) is 51.0 Å². The molecule has 4 heterocycles. The van der Waals surface area contributed by atoms with E-state index >= 15 is 0 Å². The van der Waals surface area contributed by atoms with E-state index in [1.54, 1.807) is 0 Å². The number of carboxylic acids is 1. The molecule has 6 rings (SSSR count). The minimum absolute atomic E-state index is 0. The molecule has 1 saturated heterocycles. The van der Waals surface area contributed by atoms with Crippen LogP contribution in [0.15, 0.2) is 24.3 Å². The van der Waals surface area contributed by atoms with Crippen molar-refractivity contribution in [3.8, 4) is 11.3 Å². The van der Waals surface area contributed by atoms with Crippen LogP contribution < -0.4 is 4.90 Å². The number of hydrogen-bond donors (Lipinski definition) is 1. The fourth-order valence-electron chi connectivity index (χ4n) is 6.37. The third kappa shape index (κ3) is 5.70. The van der Waals surface area contributed by atoms with Crippen molar-refractivity contribution in [3.05, 3.63) is 39.7 Å². The molecule has 6 nitrogen and oxygen atoms in total. The SMILES string of the molecule is Cl.Cl.O=C(O)c1cc2c(s1)c(C1CCCCC1)c1n2CCN(CCN2CCCOCC2)c2cc(Cl)ccc2-1. The van der Waals surface area contributed by atoms with E-state index in [4.69, 9.17) is 16.3 Å². The average molecular weight is 601 g/mol. The van der Waals surface area contributed by atoms with E-state index in [-0.39, 0.29) is 24.8 Å². The van der Waals surface area contributed by atoms with Crippen LogP contribution in [0.5, 0.6) is 0 Å². The molecular weight excluding hydrogens is 565 g/mol.